The first kappa shape index (κ1) is 20.9. The van der Waals surface area contributed by atoms with Crippen molar-refractivity contribution in [2.45, 2.75) is 44.6 Å². The van der Waals surface area contributed by atoms with Gasteiger partial charge in [-0.3, -0.25) is 4.90 Å². The summed E-state index contributed by atoms with van der Waals surface area (Å²) in [6, 6.07) is 3.16. The molecular formula is C19H26F4N4O. The third kappa shape index (κ3) is 5.35. The maximum atomic E-state index is 13.2. The lowest BCUT2D eigenvalue weighted by Gasteiger charge is -2.35. The van der Waals surface area contributed by atoms with Crippen molar-refractivity contribution in [1.29, 1.82) is 0 Å². The Kier molecular flexibility index (Phi) is 6.77. The zero-order chi connectivity index (χ0) is 20.1. The second kappa shape index (κ2) is 9.09. The van der Waals surface area contributed by atoms with E-state index in [4.69, 9.17) is 4.74 Å². The summed E-state index contributed by atoms with van der Waals surface area (Å²) in [5, 5.41) is 6.16. The molecule has 2 aliphatic heterocycles. The van der Waals surface area contributed by atoms with Gasteiger partial charge in [0.15, 0.2) is 5.96 Å². The first-order valence-electron chi connectivity index (χ1n) is 9.60. The van der Waals surface area contributed by atoms with E-state index in [1.165, 1.54) is 12.8 Å². The minimum Gasteiger partial charge on any atom is -0.373 e. The van der Waals surface area contributed by atoms with Crippen molar-refractivity contribution in [2.24, 2.45) is 4.99 Å². The van der Waals surface area contributed by atoms with Crippen molar-refractivity contribution < 1.29 is 22.3 Å². The number of hydrogen-bond acceptors (Lipinski definition) is 3. The summed E-state index contributed by atoms with van der Waals surface area (Å²) in [6.45, 7) is 5.40. The lowest BCUT2D eigenvalue weighted by molar-refractivity contribution is -0.138. The molecule has 0 radical (unpaired) electrons. The van der Waals surface area contributed by atoms with Crippen molar-refractivity contribution in [3.8, 4) is 0 Å². The number of aliphatic imine (C=N–C) groups is 1. The van der Waals surface area contributed by atoms with Crippen molar-refractivity contribution in [3.05, 3.63) is 35.1 Å². The summed E-state index contributed by atoms with van der Waals surface area (Å²) in [5.74, 6) is -0.508. The zero-order valence-electron chi connectivity index (χ0n) is 15.9. The van der Waals surface area contributed by atoms with E-state index in [0.717, 1.165) is 25.2 Å². The van der Waals surface area contributed by atoms with Crippen molar-refractivity contribution >= 4 is 5.96 Å². The molecule has 0 spiro atoms. The molecule has 2 aliphatic rings. The van der Waals surface area contributed by atoms with Crippen molar-refractivity contribution in [3.63, 3.8) is 0 Å². The van der Waals surface area contributed by atoms with Crippen LogP contribution in [0, 0.1) is 5.82 Å². The lowest BCUT2D eigenvalue weighted by atomic mass is 10.1. The van der Waals surface area contributed by atoms with Crippen LogP contribution in [0.3, 0.4) is 0 Å². The molecule has 0 aromatic heterocycles. The van der Waals surface area contributed by atoms with E-state index in [1.54, 1.807) is 0 Å². The molecule has 5 nitrogen and oxygen atoms in total. The van der Waals surface area contributed by atoms with Crippen LogP contribution in [0.1, 0.15) is 30.9 Å². The molecule has 1 aromatic rings. The Bertz CT molecular complexity index is 695. The molecule has 2 saturated heterocycles. The Morgan fingerprint density at radius 2 is 2.14 bits per heavy atom. The van der Waals surface area contributed by atoms with E-state index < -0.39 is 17.6 Å². The van der Waals surface area contributed by atoms with Crippen LogP contribution in [0.25, 0.3) is 0 Å². The molecule has 2 unspecified atom stereocenters. The fraction of sp³-hybridized carbons (Fsp3) is 0.632. The summed E-state index contributed by atoms with van der Waals surface area (Å²) in [6.07, 6.45) is -2.25. The summed E-state index contributed by atoms with van der Waals surface area (Å²) >= 11 is 0. The average molecular weight is 402 g/mol. The van der Waals surface area contributed by atoms with Gasteiger partial charge in [-0.25, -0.2) is 9.38 Å². The molecular weight excluding hydrogens is 376 g/mol. The van der Waals surface area contributed by atoms with E-state index in [1.807, 2.05) is 6.92 Å². The molecule has 9 heteroatoms. The average Bonchev–Trinajstić information content (AvgIpc) is 3.11. The fourth-order valence-corrected chi connectivity index (χ4v) is 3.68. The van der Waals surface area contributed by atoms with Gasteiger partial charge in [0.25, 0.3) is 0 Å². The Balaban J connectivity index is 1.62. The normalized spacial score (nSPS) is 23.5. The van der Waals surface area contributed by atoms with Crippen LogP contribution in [0.5, 0.6) is 0 Å². The van der Waals surface area contributed by atoms with E-state index in [-0.39, 0.29) is 18.2 Å². The topological polar surface area (TPSA) is 48.9 Å². The number of ether oxygens (including phenoxy) is 1. The van der Waals surface area contributed by atoms with Gasteiger partial charge in [-0.15, -0.1) is 0 Å². The number of benzene rings is 1. The highest BCUT2D eigenvalue weighted by Gasteiger charge is 2.34. The minimum atomic E-state index is -4.62. The summed E-state index contributed by atoms with van der Waals surface area (Å²) in [5.41, 5.74) is -1.07. The van der Waals surface area contributed by atoms with Crippen LogP contribution >= 0.6 is 0 Å². The van der Waals surface area contributed by atoms with Gasteiger partial charge in [-0.05, 0) is 44.0 Å². The van der Waals surface area contributed by atoms with Crippen LogP contribution in [-0.2, 0) is 17.5 Å². The number of alkyl halides is 3. The number of guanidine groups is 1. The molecule has 2 heterocycles. The number of nitrogens with zero attached hydrogens (tertiary/aromatic N) is 2. The van der Waals surface area contributed by atoms with Crippen LogP contribution in [0.4, 0.5) is 17.6 Å². The Morgan fingerprint density at radius 3 is 2.89 bits per heavy atom. The highest BCUT2D eigenvalue weighted by molar-refractivity contribution is 5.79. The Morgan fingerprint density at radius 1 is 1.32 bits per heavy atom. The number of fused-ring (bicyclic) bond motifs is 1. The number of rotatable bonds is 5. The van der Waals surface area contributed by atoms with Gasteiger partial charge >= 0.3 is 6.18 Å². The van der Waals surface area contributed by atoms with Gasteiger partial charge in [0.05, 0.1) is 24.8 Å². The fourth-order valence-electron chi connectivity index (χ4n) is 3.68. The zero-order valence-corrected chi connectivity index (χ0v) is 15.9. The van der Waals surface area contributed by atoms with Gasteiger partial charge in [-0.1, -0.05) is 6.07 Å². The predicted octanol–water partition coefficient (Wildman–Crippen LogP) is 2.76. The standard InChI is InChI=1S/C19H26F4N4O/c1-2-24-18(26-10-16-11-27-7-3-4-15(27)12-28-16)25-9-13-5-6-14(20)8-17(13)19(21,22)23/h5-6,8,15-16H,2-4,7,9-12H2,1H3,(H2,24,25,26). The van der Waals surface area contributed by atoms with E-state index in [0.29, 0.717) is 37.8 Å². The highest BCUT2D eigenvalue weighted by Crippen LogP contribution is 2.32. The Labute approximate surface area is 162 Å². The maximum Gasteiger partial charge on any atom is 0.416 e. The molecule has 28 heavy (non-hydrogen) atoms. The monoisotopic (exact) mass is 402 g/mol. The molecule has 1 aromatic carbocycles. The largest absolute Gasteiger partial charge is 0.416 e. The second-order valence-electron chi connectivity index (χ2n) is 7.12. The number of nitrogens with one attached hydrogen (secondary N) is 2. The smallest absolute Gasteiger partial charge is 0.373 e. The van der Waals surface area contributed by atoms with Gasteiger partial charge in [0.2, 0.25) is 0 Å². The molecule has 0 bridgehead atoms. The SMILES string of the molecule is CCNC(=NCc1ccc(F)cc1C(F)(F)F)NCC1CN2CCCC2CO1. The highest BCUT2D eigenvalue weighted by atomic mass is 19.4. The van der Waals surface area contributed by atoms with Crippen LogP contribution in [0.15, 0.2) is 23.2 Å². The number of hydrogen-bond donors (Lipinski definition) is 2. The maximum absolute atomic E-state index is 13.2. The molecule has 156 valence electrons. The molecule has 2 N–H and O–H groups in total. The first-order valence-corrected chi connectivity index (χ1v) is 9.60. The molecule has 2 fully saturated rings. The van der Waals surface area contributed by atoms with Gasteiger partial charge in [0.1, 0.15) is 5.82 Å². The predicted molar refractivity (Wildman–Crippen MR) is 98.6 cm³/mol. The molecule has 3 rings (SSSR count). The van der Waals surface area contributed by atoms with Crippen LogP contribution in [-0.4, -0.2) is 55.8 Å². The molecule has 0 saturated carbocycles. The molecule has 0 amide bonds. The Hall–Kier alpha value is -1.87. The summed E-state index contributed by atoms with van der Waals surface area (Å²) < 4.78 is 58.5. The third-order valence-corrected chi connectivity index (χ3v) is 5.09. The minimum absolute atomic E-state index is 0.00904. The molecule has 2 atom stereocenters. The van der Waals surface area contributed by atoms with E-state index >= 15 is 0 Å². The van der Waals surface area contributed by atoms with Crippen molar-refractivity contribution in [2.75, 3.05) is 32.8 Å². The third-order valence-electron chi connectivity index (χ3n) is 5.09. The van der Waals surface area contributed by atoms with Crippen molar-refractivity contribution in [1.82, 2.24) is 15.5 Å². The van der Waals surface area contributed by atoms with Gasteiger partial charge in [0, 0.05) is 25.7 Å². The number of morpholine rings is 1. The first-order chi connectivity index (χ1) is 13.4. The van der Waals surface area contributed by atoms with Gasteiger partial charge < -0.3 is 15.4 Å². The van der Waals surface area contributed by atoms with Crippen LogP contribution < -0.4 is 10.6 Å². The van der Waals surface area contributed by atoms with E-state index in [2.05, 4.69) is 20.5 Å². The van der Waals surface area contributed by atoms with E-state index in [9.17, 15) is 17.6 Å². The quantitative estimate of drug-likeness (QED) is 0.452. The van der Waals surface area contributed by atoms with Gasteiger partial charge in [-0.2, -0.15) is 13.2 Å². The number of halogens is 4. The summed E-state index contributed by atoms with van der Waals surface area (Å²) in [7, 11) is 0. The second-order valence-corrected chi connectivity index (χ2v) is 7.12. The molecule has 0 aliphatic carbocycles. The van der Waals surface area contributed by atoms with Crippen LogP contribution in [0.2, 0.25) is 0 Å². The summed E-state index contributed by atoms with van der Waals surface area (Å²) in [4.78, 5) is 6.67. The lowest BCUT2D eigenvalue weighted by Crippen LogP contribution is -2.51.